The summed E-state index contributed by atoms with van der Waals surface area (Å²) in [5.41, 5.74) is 2.75. The van der Waals surface area contributed by atoms with Crippen molar-refractivity contribution in [1.29, 1.82) is 0 Å². The summed E-state index contributed by atoms with van der Waals surface area (Å²) in [6, 6.07) is 5.52. The molecule has 84 valence electrons. The van der Waals surface area contributed by atoms with Gasteiger partial charge in [-0.05, 0) is 31.5 Å². The van der Waals surface area contributed by atoms with Gasteiger partial charge in [0.15, 0.2) is 5.43 Å². The van der Waals surface area contributed by atoms with Gasteiger partial charge in [0.05, 0.1) is 7.11 Å². The molecule has 1 N–H and O–H groups in total. The Kier molecular flexibility index (Phi) is 2.69. The van der Waals surface area contributed by atoms with Crippen LogP contribution in [0.1, 0.15) is 18.2 Å². The van der Waals surface area contributed by atoms with Crippen LogP contribution in [0.4, 0.5) is 0 Å². The molecule has 3 heteroatoms. The molecule has 0 aliphatic heterocycles. The molecule has 0 spiro atoms. The number of benzene rings is 1. The number of aromatic amines is 1. The number of methoxy groups -OCH3 is 1. The molecule has 2 aromatic rings. The lowest BCUT2D eigenvalue weighted by atomic mass is 10.1. The van der Waals surface area contributed by atoms with Crippen molar-refractivity contribution in [3.8, 4) is 5.75 Å². The number of fused-ring (bicyclic) bond motifs is 1. The van der Waals surface area contributed by atoms with Gasteiger partial charge in [0.25, 0.3) is 0 Å². The second kappa shape index (κ2) is 4.00. The maximum atomic E-state index is 12.1. The minimum atomic E-state index is 0.0875. The fraction of sp³-hybridized carbons (Fsp3) is 0.308. The number of pyridine rings is 1. The van der Waals surface area contributed by atoms with E-state index in [4.69, 9.17) is 4.74 Å². The highest BCUT2D eigenvalue weighted by Crippen LogP contribution is 2.18. The molecule has 2 rings (SSSR count). The highest BCUT2D eigenvalue weighted by atomic mass is 16.5. The SMILES string of the molecule is CCc1[nH]c2ccc(OC)cc2c(=O)c1C. The van der Waals surface area contributed by atoms with E-state index in [0.717, 1.165) is 23.2 Å². The Morgan fingerprint density at radius 1 is 1.38 bits per heavy atom. The van der Waals surface area contributed by atoms with Gasteiger partial charge in [0, 0.05) is 22.2 Å². The lowest BCUT2D eigenvalue weighted by Gasteiger charge is -2.07. The van der Waals surface area contributed by atoms with E-state index in [1.807, 2.05) is 26.0 Å². The summed E-state index contributed by atoms with van der Waals surface area (Å²) in [6.45, 7) is 3.89. The lowest BCUT2D eigenvalue weighted by Crippen LogP contribution is -2.11. The molecule has 1 heterocycles. The van der Waals surface area contributed by atoms with Crippen molar-refractivity contribution in [3.63, 3.8) is 0 Å². The smallest absolute Gasteiger partial charge is 0.192 e. The second-order valence-corrected chi connectivity index (χ2v) is 3.82. The van der Waals surface area contributed by atoms with E-state index in [0.29, 0.717) is 11.1 Å². The number of H-pyrrole nitrogens is 1. The van der Waals surface area contributed by atoms with E-state index in [9.17, 15) is 4.79 Å². The average Bonchev–Trinajstić information content (AvgIpc) is 2.33. The van der Waals surface area contributed by atoms with Gasteiger partial charge in [0.1, 0.15) is 5.75 Å². The van der Waals surface area contributed by atoms with E-state index in [1.54, 1.807) is 13.2 Å². The highest BCUT2D eigenvalue weighted by Gasteiger charge is 2.07. The van der Waals surface area contributed by atoms with E-state index in [2.05, 4.69) is 4.98 Å². The molecule has 0 radical (unpaired) electrons. The number of nitrogens with one attached hydrogen (secondary N) is 1. The molecule has 0 fully saturated rings. The number of aromatic nitrogens is 1. The zero-order chi connectivity index (χ0) is 11.7. The second-order valence-electron chi connectivity index (χ2n) is 3.82. The largest absolute Gasteiger partial charge is 0.497 e. The van der Waals surface area contributed by atoms with Gasteiger partial charge >= 0.3 is 0 Å². The average molecular weight is 217 g/mol. The van der Waals surface area contributed by atoms with Crippen LogP contribution in [0.5, 0.6) is 5.75 Å². The van der Waals surface area contributed by atoms with Crippen LogP contribution in [0.15, 0.2) is 23.0 Å². The number of aryl methyl sites for hydroxylation is 1. The van der Waals surface area contributed by atoms with Crippen molar-refractivity contribution in [2.24, 2.45) is 0 Å². The number of hydrogen-bond acceptors (Lipinski definition) is 2. The predicted octanol–water partition coefficient (Wildman–Crippen LogP) is 2.41. The van der Waals surface area contributed by atoms with Crippen LogP contribution >= 0.6 is 0 Å². The fourth-order valence-electron chi connectivity index (χ4n) is 1.90. The summed E-state index contributed by atoms with van der Waals surface area (Å²) >= 11 is 0. The van der Waals surface area contributed by atoms with E-state index in [1.165, 1.54) is 0 Å². The molecule has 0 aliphatic rings. The first-order valence-electron chi connectivity index (χ1n) is 5.37. The first-order chi connectivity index (χ1) is 7.67. The Bertz CT molecular complexity index is 584. The molecule has 1 aromatic carbocycles. The molecular formula is C13H15NO2. The van der Waals surface area contributed by atoms with Gasteiger partial charge in [-0.25, -0.2) is 0 Å². The van der Waals surface area contributed by atoms with E-state index in [-0.39, 0.29) is 5.43 Å². The molecule has 3 nitrogen and oxygen atoms in total. The lowest BCUT2D eigenvalue weighted by molar-refractivity contribution is 0.415. The quantitative estimate of drug-likeness (QED) is 0.839. The molecule has 0 unspecified atom stereocenters. The maximum Gasteiger partial charge on any atom is 0.192 e. The zero-order valence-electron chi connectivity index (χ0n) is 9.76. The summed E-state index contributed by atoms with van der Waals surface area (Å²) in [6.07, 6.45) is 0.836. The van der Waals surface area contributed by atoms with Crippen LogP contribution in [0, 0.1) is 6.92 Å². The summed E-state index contributed by atoms with van der Waals surface area (Å²) in [7, 11) is 1.60. The van der Waals surface area contributed by atoms with Crippen molar-refractivity contribution < 1.29 is 4.74 Å². The van der Waals surface area contributed by atoms with Crippen molar-refractivity contribution in [3.05, 3.63) is 39.7 Å². The molecule has 0 bridgehead atoms. The van der Waals surface area contributed by atoms with Crippen LogP contribution in [0.25, 0.3) is 10.9 Å². The minimum absolute atomic E-state index is 0.0875. The summed E-state index contributed by atoms with van der Waals surface area (Å²) < 4.78 is 5.12. The van der Waals surface area contributed by atoms with Crippen molar-refractivity contribution in [2.75, 3.05) is 7.11 Å². The van der Waals surface area contributed by atoms with Gasteiger partial charge in [-0.2, -0.15) is 0 Å². The van der Waals surface area contributed by atoms with Gasteiger partial charge in [-0.15, -0.1) is 0 Å². The molecule has 0 aliphatic carbocycles. The van der Waals surface area contributed by atoms with E-state index >= 15 is 0 Å². The third-order valence-electron chi connectivity index (χ3n) is 2.90. The van der Waals surface area contributed by atoms with Gasteiger partial charge in [-0.1, -0.05) is 6.92 Å². The molecule has 16 heavy (non-hydrogen) atoms. The van der Waals surface area contributed by atoms with Crippen LogP contribution < -0.4 is 10.2 Å². The Morgan fingerprint density at radius 2 is 2.12 bits per heavy atom. The normalized spacial score (nSPS) is 10.7. The third kappa shape index (κ3) is 1.58. The predicted molar refractivity (Wildman–Crippen MR) is 65.2 cm³/mol. The standard InChI is InChI=1S/C13H15NO2/c1-4-11-8(2)13(15)10-7-9(16-3)5-6-12(10)14-11/h5-7H,4H2,1-3H3,(H,14,15). The minimum Gasteiger partial charge on any atom is -0.497 e. The Morgan fingerprint density at radius 3 is 2.75 bits per heavy atom. The molecule has 0 amide bonds. The molecule has 0 saturated carbocycles. The highest BCUT2D eigenvalue weighted by molar-refractivity contribution is 5.80. The molecule has 0 atom stereocenters. The number of hydrogen-bond donors (Lipinski definition) is 1. The topological polar surface area (TPSA) is 42.1 Å². The summed E-state index contributed by atoms with van der Waals surface area (Å²) in [5.74, 6) is 0.710. The Balaban J connectivity index is 2.82. The van der Waals surface area contributed by atoms with Crippen molar-refractivity contribution >= 4 is 10.9 Å². The zero-order valence-corrected chi connectivity index (χ0v) is 9.76. The van der Waals surface area contributed by atoms with Gasteiger partial charge in [-0.3, -0.25) is 4.79 Å². The fourth-order valence-corrected chi connectivity index (χ4v) is 1.90. The van der Waals surface area contributed by atoms with Crippen LogP contribution in [0.2, 0.25) is 0 Å². The van der Waals surface area contributed by atoms with Crippen LogP contribution in [-0.2, 0) is 6.42 Å². The first kappa shape index (κ1) is 10.7. The number of ether oxygens (including phenoxy) is 1. The number of rotatable bonds is 2. The molecule has 1 aromatic heterocycles. The first-order valence-corrected chi connectivity index (χ1v) is 5.37. The summed E-state index contributed by atoms with van der Waals surface area (Å²) in [5, 5.41) is 0.689. The monoisotopic (exact) mass is 217 g/mol. The van der Waals surface area contributed by atoms with Crippen LogP contribution in [-0.4, -0.2) is 12.1 Å². The summed E-state index contributed by atoms with van der Waals surface area (Å²) in [4.78, 5) is 15.4. The van der Waals surface area contributed by atoms with Gasteiger partial charge in [0.2, 0.25) is 0 Å². The Hall–Kier alpha value is -1.77. The van der Waals surface area contributed by atoms with Crippen LogP contribution in [0.3, 0.4) is 0 Å². The Labute approximate surface area is 94.1 Å². The third-order valence-corrected chi connectivity index (χ3v) is 2.90. The van der Waals surface area contributed by atoms with Crippen molar-refractivity contribution in [1.82, 2.24) is 4.98 Å². The molecule has 0 saturated heterocycles. The van der Waals surface area contributed by atoms with E-state index < -0.39 is 0 Å². The molecular weight excluding hydrogens is 202 g/mol. The maximum absolute atomic E-state index is 12.1. The van der Waals surface area contributed by atoms with Crippen molar-refractivity contribution in [2.45, 2.75) is 20.3 Å². The van der Waals surface area contributed by atoms with Gasteiger partial charge < -0.3 is 9.72 Å².